The van der Waals surface area contributed by atoms with E-state index in [1.54, 1.807) is 24.5 Å². The number of aromatic nitrogens is 6. The maximum Gasteiger partial charge on any atom is 0.332 e. The van der Waals surface area contributed by atoms with Crippen LogP contribution >= 0.6 is 0 Å². The molecule has 3 aromatic heterocycles. The summed E-state index contributed by atoms with van der Waals surface area (Å²) in [5.74, 6) is -0.713. The number of hydrogen-bond donors (Lipinski definition) is 2. The minimum absolute atomic E-state index is 0.0252. The first-order chi connectivity index (χ1) is 15.5. The van der Waals surface area contributed by atoms with Crippen LogP contribution in [0, 0.1) is 0 Å². The maximum absolute atomic E-state index is 12.7. The molecule has 4 heterocycles. The highest BCUT2D eigenvalue weighted by atomic mass is 16.2. The summed E-state index contributed by atoms with van der Waals surface area (Å²) in [5, 5.41) is 14.0. The number of nitrogens with zero attached hydrogens (tertiary/aromatic N) is 7. The van der Waals surface area contributed by atoms with E-state index in [1.807, 2.05) is 0 Å². The Bertz CT molecular complexity index is 1220. The number of pyridine rings is 1. The molecule has 0 aromatic carbocycles. The van der Waals surface area contributed by atoms with Gasteiger partial charge in [0, 0.05) is 52.2 Å². The Morgan fingerprint density at radius 1 is 1.22 bits per heavy atom. The molecule has 0 radical (unpaired) electrons. The SMILES string of the molecule is Cn1c(=O)c2nc(C(=O)NCCCN3CCNCC3)nnc2n(Cc2cccnc2)c1=O. The zero-order valence-electron chi connectivity index (χ0n) is 17.8. The van der Waals surface area contributed by atoms with Crippen molar-refractivity contribution in [2.75, 3.05) is 39.3 Å². The van der Waals surface area contributed by atoms with Gasteiger partial charge in [0.2, 0.25) is 5.82 Å². The first-order valence-corrected chi connectivity index (χ1v) is 10.5. The van der Waals surface area contributed by atoms with Gasteiger partial charge in [-0.05, 0) is 24.6 Å². The standard InChI is InChI=1S/C20H25N9O3/c1-27-19(31)15-17(29(20(27)32)13-14-4-2-5-22-12-14)26-25-16(24-15)18(30)23-6-3-9-28-10-7-21-8-11-28/h2,4-5,12,21H,3,6-11,13H2,1H3,(H,23,30). The fourth-order valence-electron chi connectivity index (χ4n) is 3.59. The van der Waals surface area contributed by atoms with Gasteiger partial charge in [-0.1, -0.05) is 6.07 Å². The highest BCUT2D eigenvalue weighted by Gasteiger charge is 2.18. The molecule has 2 N–H and O–H groups in total. The number of fused-ring (bicyclic) bond motifs is 1. The van der Waals surface area contributed by atoms with Gasteiger partial charge in [-0.15, -0.1) is 10.2 Å². The number of hydrogen-bond acceptors (Lipinski definition) is 9. The molecule has 0 atom stereocenters. The van der Waals surface area contributed by atoms with E-state index in [4.69, 9.17) is 0 Å². The van der Waals surface area contributed by atoms with Crippen LogP contribution in [-0.2, 0) is 13.6 Å². The Morgan fingerprint density at radius 2 is 2.03 bits per heavy atom. The van der Waals surface area contributed by atoms with E-state index >= 15 is 0 Å². The molecule has 0 spiro atoms. The maximum atomic E-state index is 12.7. The van der Waals surface area contributed by atoms with Crippen LogP contribution in [0.25, 0.3) is 11.2 Å². The number of nitrogens with one attached hydrogen (secondary N) is 2. The van der Waals surface area contributed by atoms with Crippen molar-refractivity contribution in [3.8, 4) is 0 Å². The van der Waals surface area contributed by atoms with Gasteiger partial charge >= 0.3 is 5.69 Å². The Labute approximate surface area is 183 Å². The molecule has 1 amide bonds. The molecule has 168 valence electrons. The molecule has 0 unspecified atom stereocenters. The molecule has 0 saturated carbocycles. The summed E-state index contributed by atoms with van der Waals surface area (Å²) >= 11 is 0. The smallest absolute Gasteiger partial charge is 0.332 e. The molecule has 0 bridgehead atoms. The molecular formula is C20H25N9O3. The quantitative estimate of drug-likeness (QED) is 0.415. The third kappa shape index (κ3) is 4.70. The van der Waals surface area contributed by atoms with Crippen LogP contribution in [-0.4, -0.2) is 79.4 Å². The van der Waals surface area contributed by atoms with Crippen molar-refractivity contribution in [1.29, 1.82) is 0 Å². The van der Waals surface area contributed by atoms with E-state index in [-0.39, 0.29) is 23.5 Å². The van der Waals surface area contributed by atoms with Crippen molar-refractivity contribution >= 4 is 17.1 Å². The van der Waals surface area contributed by atoms with Gasteiger partial charge in [-0.2, -0.15) is 0 Å². The summed E-state index contributed by atoms with van der Waals surface area (Å²) in [4.78, 5) is 48.3. The summed E-state index contributed by atoms with van der Waals surface area (Å²) in [7, 11) is 1.36. The van der Waals surface area contributed by atoms with Crippen molar-refractivity contribution in [2.45, 2.75) is 13.0 Å². The third-order valence-electron chi connectivity index (χ3n) is 5.36. The fraction of sp³-hybridized carbons (Fsp3) is 0.450. The lowest BCUT2D eigenvalue weighted by atomic mass is 10.3. The topological polar surface area (TPSA) is 140 Å². The van der Waals surface area contributed by atoms with Gasteiger partial charge in [0.1, 0.15) is 0 Å². The van der Waals surface area contributed by atoms with Gasteiger partial charge in [0.15, 0.2) is 11.2 Å². The predicted octanol–water partition coefficient (Wildman–Crippen LogP) is -1.65. The van der Waals surface area contributed by atoms with E-state index < -0.39 is 17.2 Å². The Morgan fingerprint density at radius 3 is 2.78 bits per heavy atom. The van der Waals surface area contributed by atoms with Crippen molar-refractivity contribution in [1.82, 2.24) is 44.8 Å². The highest BCUT2D eigenvalue weighted by molar-refractivity contribution is 5.91. The lowest BCUT2D eigenvalue weighted by Crippen LogP contribution is -2.44. The zero-order valence-corrected chi connectivity index (χ0v) is 17.8. The second-order valence-corrected chi connectivity index (χ2v) is 7.60. The zero-order chi connectivity index (χ0) is 22.5. The van der Waals surface area contributed by atoms with Crippen LogP contribution in [0.15, 0.2) is 34.1 Å². The number of amides is 1. The minimum Gasteiger partial charge on any atom is -0.349 e. The molecule has 1 fully saturated rings. The number of piperazine rings is 1. The van der Waals surface area contributed by atoms with E-state index in [0.717, 1.165) is 49.3 Å². The van der Waals surface area contributed by atoms with E-state index in [2.05, 4.69) is 35.7 Å². The molecule has 0 aliphatic carbocycles. The number of carbonyl (C=O) groups is 1. The molecule has 1 saturated heterocycles. The van der Waals surface area contributed by atoms with Crippen LogP contribution in [0.2, 0.25) is 0 Å². The van der Waals surface area contributed by atoms with Crippen molar-refractivity contribution in [3.63, 3.8) is 0 Å². The van der Waals surface area contributed by atoms with Crippen LogP contribution in [0.3, 0.4) is 0 Å². The largest absolute Gasteiger partial charge is 0.349 e. The molecule has 3 aromatic rings. The summed E-state index contributed by atoms with van der Waals surface area (Å²) in [6.45, 7) is 5.44. The predicted molar refractivity (Wildman–Crippen MR) is 116 cm³/mol. The molecule has 1 aliphatic rings. The lowest BCUT2D eigenvalue weighted by molar-refractivity contribution is 0.0940. The number of rotatable bonds is 7. The molecule has 12 heteroatoms. The molecule has 1 aliphatic heterocycles. The summed E-state index contributed by atoms with van der Waals surface area (Å²) in [5.41, 5.74) is -0.487. The monoisotopic (exact) mass is 439 g/mol. The Balaban J connectivity index is 1.52. The first-order valence-electron chi connectivity index (χ1n) is 10.5. The van der Waals surface area contributed by atoms with Gasteiger partial charge in [-0.3, -0.25) is 23.7 Å². The average Bonchev–Trinajstić information content (AvgIpc) is 2.84. The normalized spacial score (nSPS) is 14.5. The molecule has 32 heavy (non-hydrogen) atoms. The molecule has 12 nitrogen and oxygen atoms in total. The first kappa shape index (κ1) is 21.7. The Hall–Kier alpha value is -3.51. The summed E-state index contributed by atoms with van der Waals surface area (Å²) in [6, 6.07) is 3.55. The van der Waals surface area contributed by atoms with E-state index in [0.29, 0.717) is 6.54 Å². The van der Waals surface area contributed by atoms with Crippen molar-refractivity contribution < 1.29 is 4.79 Å². The van der Waals surface area contributed by atoms with E-state index in [9.17, 15) is 14.4 Å². The van der Waals surface area contributed by atoms with Gasteiger partial charge in [-0.25, -0.2) is 9.78 Å². The summed E-state index contributed by atoms with van der Waals surface area (Å²) < 4.78 is 2.24. The van der Waals surface area contributed by atoms with Crippen molar-refractivity contribution in [2.24, 2.45) is 7.05 Å². The van der Waals surface area contributed by atoms with Gasteiger partial charge in [0.25, 0.3) is 11.5 Å². The van der Waals surface area contributed by atoms with Gasteiger partial charge < -0.3 is 15.5 Å². The lowest BCUT2D eigenvalue weighted by Gasteiger charge is -2.26. The third-order valence-corrected chi connectivity index (χ3v) is 5.36. The number of carbonyl (C=O) groups excluding carboxylic acids is 1. The summed E-state index contributed by atoms with van der Waals surface area (Å²) in [6.07, 6.45) is 4.03. The Kier molecular flexibility index (Phi) is 6.61. The molecular weight excluding hydrogens is 414 g/mol. The molecule has 4 rings (SSSR count). The van der Waals surface area contributed by atoms with Crippen LogP contribution in [0.1, 0.15) is 22.6 Å². The minimum atomic E-state index is -0.630. The van der Waals surface area contributed by atoms with Crippen LogP contribution in [0.4, 0.5) is 0 Å². The second-order valence-electron chi connectivity index (χ2n) is 7.60. The van der Waals surface area contributed by atoms with Crippen LogP contribution < -0.4 is 21.9 Å². The fourth-order valence-corrected chi connectivity index (χ4v) is 3.59. The van der Waals surface area contributed by atoms with Gasteiger partial charge in [0.05, 0.1) is 6.54 Å². The van der Waals surface area contributed by atoms with E-state index in [1.165, 1.54) is 11.6 Å². The second kappa shape index (κ2) is 9.75. The highest BCUT2D eigenvalue weighted by Crippen LogP contribution is 2.05. The average molecular weight is 439 g/mol. The van der Waals surface area contributed by atoms with Crippen LogP contribution in [0.5, 0.6) is 0 Å². The van der Waals surface area contributed by atoms with Crippen molar-refractivity contribution in [3.05, 3.63) is 56.8 Å².